The predicted octanol–water partition coefficient (Wildman–Crippen LogP) is 0.792. The summed E-state index contributed by atoms with van der Waals surface area (Å²) < 4.78 is 0. The van der Waals surface area contributed by atoms with Crippen molar-refractivity contribution in [2.75, 3.05) is 18.4 Å². The zero-order valence-electron chi connectivity index (χ0n) is 8.12. The second-order valence-electron chi connectivity index (χ2n) is 3.31. The number of nitrogens with two attached hydrogens (primary N) is 1. The highest BCUT2D eigenvalue weighted by Crippen LogP contribution is 1.99. The molecule has 0 saturated heterocycles. The summed E-state index contributed by atoms with van der Waals surface area (Å²) in [7, 11) is 0. The van der Waals surface area contributed by atoms with E-state index in [9.17, 15) is 0 Å². The van der Waals surface area contributed by atoms with Gasteiger partial charge >= 0.3 is 0 Å². The maximum Gasteiger partial charge on any atom is 0.222 e. The molecule has 72 valence electrons. The van der Waals surface area contributed by atoms with Gasteiger partial charge in [0, 0.05) is 18.9 Å². The van der Waals surface area contributed by atoms with E-state index in [-0.39, 0.29) is 0 Å². The van der Waals surface area contributed by atoms with Gasteiger partial charge in [0.05, 0.1) is 0 Å². The van der Waals surface area contributed by atoms with Crippen LogP contribution >= 0.6 is 0 Å². The summed E-state index contributed by atoms with van der Waals surface area (Å²) in [5.41, 5.74) is 6.55. The molecule has 1 unspecified atom stereocenters. The molecule has 0 aromatic carbocycles. The largest absolute Gasteiger partial charge is 0.354 e. The lowest BCUT2D eigenvalue weighted by atomic mass is 10.2. The topological polar surface area (TPSA) is 63.8 Å². The summed E-state index contributed by atoms with van der Waals surface area (Å²) >= 11 is 0. The van der Waals surface area contributed by atoms with Crippen molar-refractivity contribution in [2.45, 2.75) is 13.8 Å². The number of nitrogens with one attached hydrogen (secondary N) is 1. The number of aromatic nitrogens is 2. The van der Waals surface area contributed by atoms with Crippen LogP contribution in [0.2, 0.25) is 0 Å². The Balaban J connectivity index is 2.41. The van der Waals surface area contributed by atoms with Gasteiger partial charge in [0.2, 0.25) is 5.95 Å². The Morgan fingerprint density at radius 3 is 2.62 bits per heavy atom. The third-order valence-electron chi connectivity index (χ3n) is 1.79. The molecule has 0 aliphatic heterocycles. The molecule has 4 nitrogen and oxygen atoms in total. The third kappa shape index (κ3) is 3.38. The Kier molecular flexibility index (Phi) is 3.64. The SMILES string of the molecule is Cc1cnc(NCC(C)CN)nc1. The minimum atomic E-state index is 0.449. The monoisotopic (exact) mass is 180 g/mol. The molecule has 0 saturated carbocycles. The van der Waals surface area contributed by atoms with Gasteiger partial charge in [-0.05, 0) is 24.9 Å². The zero-order chi connectivity index (χ0) is 9.68. The molecule has 0 amide bonds. The van der Waals surface area contributed by atoms with E-state index in [1.807, 2.05) is 6.92 Å². The van der Waals surface area contributed by atoms with Crippen LogP contribution in [0.15, 0.2) is 12.4 Å². The van der Waals surface area contributed by atoms with Gasteiger partial charge in [0.15, 0.2) is 0 Å². The second-order valence-corrected chi connectivity index (χ2v) is 3.31. The summed E-state index contributed by atoms with van der Waals surface area (Å²) in [4.78, 5) is 8.24. The standard InChI is InChI=1S/C9H16N4/c1-7(3-10)4-11-9-12-5-8(2)6-13-9/h5-7H,3-4,10H2,1-2H3,(H,11,12,13). The number of rotatable bonds is 4. The first kappa shape index (κ1) is 9.92. The number of hydrogen-bond donors (Lipinski definition) is 2. The van der Waals surface area contributed by atoms with Crippen molar-refractivity contribution in [1.29, 1.82) is 0 Å². The smallest absolute Gasteiger partial charge is 0.222 e. The van der Waals surface area contributed by atoms with Gasteiger partial charge in [-0.25, -0.2) is 9.97 Å². The fourth-order valence-electron chi connectivity index (χ4n) is 0.833. The van der Waals surface area contributed by atoms with Crippen LogP contribution in [0.25, 0.3) is 0 Å². The van der Waals surface area contributed by atoms with Gasteiger partial charge in [0.25, 0.3) is 0 Å². The van der Waals surface area contributed by atoms with E-state index in [0.717, 1.165) is 12.1 Å². The van der Waals surface area contributed by atoms with Crippen molar-refractivity contribution in [1.82, 2.24) is 9.97 Å². The molecule has 1 aromatic rings. The summed E-state index contributed by atoms with van der Waals surface area (Å²) in [6.45, 7) is 5.55. The Labute approximate surface area is 78.6 Å². The van der Waals surface area contributed by atoms with Crippen LogP contribution in [-0.2, 0) is 0 Å². The fraction of sp³-hybridized carbons (Fsp3) is 0.556. The quantitative estimate of drug-likeness (QED) is 0.719. The molecule has 0 aliphatic carbocycles. The Bertz CT molecular complexity index is 244. The third-order valence-corrected chi connectivity index (χ3v) is 1.79. The maximum absolute atomic E-state index is 5.48. The van der Waals surface area contributed by atoms with E-state index in [4.69, 9.17) is 5.73 Å². The average Bonchev–Trinajstić information content (AvgIpc) is 2.16. The minimum absolute atomic E-state index is 0.449. The first-order valence-electron chi connectivity index (χ1n) is 4.45. The summed E-state index contributed by atoms with van der Waals surface area (Å²) in [5.74, 6) is 1.12. The predicted molar refractivity (Wildman–Crippen MR) is 53.5 cm³/mol. The highest BCUT2D eigenvalue weighted by Gasteiger charge is 1.99. The molecule has 3 N–H and O–H groups in total. The molecule has 0 spiro atoms. The molecule has 1 rings (SSSR count). The molecule has 13 heavy (non-hydrogen) atoms. The zero-order valence-corrected chi connectivity index (χ0v) is 8.12. The second kappa shape index (κ2) is 4.77. The molecular weight excluding hydrogens is 164 g/mol. The highest BCUT2D eigenvalue weighted by molar-refractivity contribution is 5.24. The van der Waals surface area contributed by atoms with E-state index >= 15 is 0 Å². The van der Waals surface area contributed by atoms with Crippen LogP contribution in [0.1, 0.15) is 12.5 Å². The van der Waals surface area contributed by atoms with Crippen molar-refractivity contribution in [3.8, 4) is 0 Å². The van der Waals surface area contributed by atoms with Crippen molar-refractivity contribution >= 4 is 5.95 Å². The molecule has 0 radical (unpaired) electrons. The van der Waals surface area contributed by atoms with E-state index in [0.29, 0.717) is 18.4 Å². The van der Waals surface area contributed by atoms with Gasteiger partial charge in [0.1, 0.15) is 0 Å². The lowest BCUT2D eigenvalue weighted by molar-refractivity contribution is 0.625. The Morgan fingerprint density at radius 1 is 1.46 bits per heavy atom. The number of hydrogen-bond acceptors (Lipinski definition) is 4. The van der Waals surface area contributed by atoms with Crippen LogP contribution in [0.5, 0.6) is 0 Å². The summed E-state index contributed by atoms with van der Waals surface area (Å²) in [6, 6.07) is 0. The Morgan fingerprint density at radius 2 is 2.08 bits per heavy atom. The van der Waals surface area contributed by atoms with E-state index in [1.165, 1.54) is 0 Å². The van der Waals surface area contributed by atoms with Crippen LogP contribution in [0.4, 0.5) is 5.95 Å². The van der Waals surface area contributed by atoms with Crippen molar-refractivity contribution in [3.05, 3.63) is 18.0 Å². The average molecular weight is 180 g/mol. The normalized spacial score (nSPS) is 12.5. The summed E-state index contributed by atoms with van der Waals surface area (Å²) in [5, 5.41) is 3.12. The molecule has 0 aliphatic rings. The van der Waals surface area contributed by atoms with E-state index < -0.39 is 0 Å². The molecule has 0 fully saturated rings. The fourth-order valence-corrected chi connectivity index (χ4v) is 0.833. The number of aryl methyl sites for hydroxylation is 1. The van der Waals surface area contributed by atoms with Crippen molar-refractivity contribution < 1.29 is 0 Å². The van der Waals surface area contributed by atoms with Gasteiger partial charge in [-0.1, -0.05) is 6.92 Å². The van der Waals surface area contributed by atoms with Crippen molar-refractivity contribution in [3.63, 3.8) is 0 Å². The van der Waals surface area contributed by atoms with Gasteiger partial charge in [-0.2, -0.15) is 0 Å². The molecule has 1 aromatic heterocycles. The summed E-state index contributed by atoms with van der Waals surface area (Å²) in [6.07, 6.45) is 3.59. The van der Waals surface area contributed by atoms with Gasteiger partial charge in [-0.15, -0.1) is 0 Å². The van der Waals surface area contributed by atoms with Crippen LogP contribution in [-0.4, -0.2) is 23.1 Å². The molecule has 0 bridgehead atoms. The van der Waals surface area contributed by atoms with E-state index in [1.54, 1.807) is 12.4 Å². The molecular formula is C9H16N4. The van der Waals surface area contributed by atoms with Gasteiger partial charge < -0.3 is 11.1 Å². The lowest BCUT2D eigenvalue weighted by Gasteiger charge is -2.09. The van der Waals surface area contributed by atoms with Crippen molar-refractivity contribution in [2.24, 2.45) is 11.7 Å². The molecule has 1 heterocycles. The minimum Gasteiger partial charge on any atom is -0.354 e. The first-order valence-corrected chi connectivity index (χ1v) is 4.45. The lowest BCUT2D eigenvalue weighted by Crippen LogP contribution is -2.20. The molecule has 1 atom stereocenters. The van der Waals surface area contributed by atoms with Crippen LogP contribution in [0, 0.1) is 12.8 Å². The molecule has 4 heteroatoms. The highest BCUT2D eigenvalue weighted by atomic mass is 15.1. The Hall–Kier alpha value is -1.16. The van der Waals surface area contributed by atoms with Crippen LogP contribution < -0.4 is 11.1 Å². The number of anilines is 1. The maximum atomic E-state index is 5.48. The van der Waals surface area contributed by atoms with Gasteiger partial charge in [-0.3, -0.25) is 0 Å². The van der Waals surface area contributed by atoms with E-state index in [2.05, 4.69) is 22.2 Å². The number of nitrogens with zero attached hydrogens (tertiary/aromatic N) is 2. The van der Waals surface area contributed by atoms with Crippen LogP contribution in [0.3, 0.4) is 0 Å². The first-order chi connectivity index (χ1) is 6.22.